The zero-order valence-corrected chi connectivity index (χ0v) is 11.5. The first-order valence-electron chi connectivity index (χ1n) is 7.07. The predicted octanol–water partition coefficient (Wildman–Crippen LogP) is 0.759. The smallest absolute Gasteiger partial charge is 0.325 e. The minimum atomic E-state index is -0.627. The minimum absolute atomic E-state index is 0.0657. The number of urea groups is 1. The van der Waals surface area contributed by atoms with Crippen molar-refractivity contribution in [1.82, 2.24) is 15.5 Å². The summed E-state index contributed by atoms with van der Waals surface area (Å²) in [5.74, 6) is 0.172. The van der Waals surface area contributed by atoms with Crippen molar-refractivity contribution < 1.29 is 18.8 Å². The largest absolute Gasteiger partial charge is 0.467 e. The van der Waals surface area contributed by atoms with Crippen LogP contribution in [-0.4, -0.2) is 34.8 Å². The molecule has 0 bridgehead atoms. The molecule has 2 heterocycles. The van der Waals surface area contributed by atoms with Crippen molar-refractivity contribution in [2.75, 3.05) is 0 Å². The summed E-state index contributed by atoms with van der Waals surface area (Å²) in [5, 5.41) is 5.47. The summed E-state index contributed by atoms with van der Waals surface area (Å²) in [6.45, 7) is 0.114. The van der Waals surface area contributed by atoms with Crippen LogP contribution in [-0.2, 0) is 16.1 Å². The van der Waals surface area contributed by atoms with Gasteiger partial charge in [-0.3, -0.25) is 14.5 Å². The Bertz CT molecular complexity index is 551. The highest BCUT2D eigenvalue weighted by molar-refractivity contribution is 6.04. The first kappa shape index (κ1) is 13.7. The Morgan fingerprint density at radius 2 is 2.24 bits per heavy atom. The number of hydrogen-bond acceptors (Lipinski definition) is 4. The van der Waals surface area contributed by atoms with Crippen molar-refractivity contribution in [3.05, 3.63) is 24.2 Å². The van der Waals surface area contributed by atoms with E-state index in [1.165, 1.54) is 6.26 Å². The standard InChI is InChI=1S/C14H17N3O4/c18-12(15-9-3-4-9)6-5-11-13(19)17(14(20)16-11)8-10-2-1-7-21-10/h1-2,7,9,11H,3-6,8H2,(H,15,18)(H,16,20)/t11-/m0/s1. The first-order valence-corrected chi connectivity index (χ1v) is 7.07. The topological polar surface area (TPSA) is 91.7 Å². The van der Waals surface area contributed by atoms with Crippen LogP contribution in [0.5, 0.6) is 0 Å². The van der Waals surface area contributed by atoms with Crippen molar-refractivity contribution in [1.29, 1.82) is 0 Å². The molecule has 2 N–H and O–H groups in total. The van der Waals surface area contributed by atoms with E-state index in [4.69, 9.17) is 4.42 Å². The van der Waals surface area contributed by atoms with Crippen LogP contribution < -0.4 is 10.6 Å². The second-order valence-electron chi connectivity index (χ2n) is 5.39. The lowest BCUT2D eigenvalue weighted by atomic mass is 10.1. The summed E-state index contributed by atoms with van der Waals surface area (Å²) in [4.78, 5) is 36.7. The number of nitrogens with one attached hydrogen (secondary N) is 2. The van der Waals surface area contributed by atoms with Gasteiger partial charge in [0.2, 0.25) is 5.91 Å². The van der Waals surface area contributed by atoms with Crippen LogP contribution in [0.4, 0.5) is 4.79 Å². The van der Waals surface area contributed by atoms with Gasteiger partial charge in [0.05, 0.1) is 12.8 Å². The minimum Gasteiger partial charge on any atom is -0.467 e. The fourth-order valence-electron chi connectivity index (χ4n) is 2.28. The quantitative estimate of drug-likeness (QED) is 0.757. The molecule has 1 saturated heterocycles. The second kappa shape index (κ2) is 5.59. The maximum atomic E-state index is 12.2. The molecule has 0 unspecified atom stereocenters. The zero-order valence-electron chi connectivity index (χ0n) is 11.5. The molecule has 0 spiro atoms. The molecule has 2 aliphatic rings. The van der Waals surface area contributed by atoms with Gasteiger partial charge in [-0.25, -0.2) is 4.79 Å². The van der Waals surface area contributed by atoms with Crippen LogP contribution in [0.2, 0.25) is 0 Å². The molecule has 112 valence electrons. The van der Waals surface area contributed by atoms with E-state index in [0.717, 1.165) is 17.7 Å². The van der Waals surface area contributed by atoms with Gasteiger partial charge in [-0.2, -0.15) is 0 Å². The third-order valence-corrected chi connectivity index (χ3v) is 3.60. The second-order valence-corrected chi connectivity index (χ2v) is 5.39. The summed E-state index contributed by atoms with van der Waals surface area (Å²) < 4.78 is 5.14. The number of imide groups is 1. The summed E-state index contributed by atoms with van der Waals surface area (Å²) >= 11 is 0. The Labute approximate surface area is 121 Å². The molecule has 1 aliphatic carbocycles. The number of hydrogen-bond donors (Lipinski definition) is 2. The highest BCUT2D eigenvalue weighted by atomic mass is 16.3. The van der Waals surface area contributed by atoms with Crippen LogP contribution >= 0.6 is 0 Å². The molecule has 4 amide bonds. The van der Waals surface area contributed by atoms with Gasteiger partial charge in [0, 0.05) is 12.5 Å². The Morgan fingerprint density at radius 3 is 2.90 bits per heavy atom. The van der Waals surface area contributed by atoms with Gasteiger partial charge >= 0.3 is 6.03 Å². The molecule has 7 heteroatoms. The Kier molecular flexibility index (Phi) is 3.64. The third kappa shape index (κ3) is 3.24. The number of nitrogens with zero attached hydrogens (tertiary/aromatic N) is 1. The fourth-order valence-corrected chi connectivity index (χ4v) is 2.28. The van der Waals surface area contributed by atoms with E-state index in [1.54, 1.807) is 12.1 Å². The van der Waals surface area contributed by atoms with E-state index in [9.17, 15) is 14.4 Å². The van der Waals surface area contributed by atoms with Gasteiger partial charge < -0.3 is 15.1 Å². The number of furan rings is 1. The van der Waals surface area contributed by atoms with Crippen molar-refractivity contribution in [3.63, 3.8) is 0 Å². The van der Waals surface area contributed by atoms with Crippen LogP contribution in [0, 0.1) is 0 Å². The molecule has 0 radical (unpaired) electrons. The van der Waals surface area contributed by atoms with E-state index in [0.29, 0.717) is 18.2 Å². The van der Waals surface area contributed by atoms with Crippen molar-refractivity contribution in [3.8, 4) is 0 Å². The first-order chi connectivity index (χ1) is 10.1. The molecular formula is C14H17N3O4. The third-order valence-electron chi connectivity index (χ3n) is 3.60. The number of rotatable bonds is 6. The average Bonchev–Trinajstić information content (AvgIpc) is 3.03. The highest BCUT2D eigenvalue weighted by Gasteiger charge is 2.38. The van der Waals surface area contributed by atoms with E-state index in [1.807, 2.05) is 0 Å². The zero-order chi connectivity index (χ0) is 14.8. The summed E-state index contributed by atoms with van der Waals surface area (Å²) in [5.41, 5.74) is 0. The van der Waals surface area contributed by atoms with Crippen molar-refractivity contribution in [2.24, 2.45) is 0 Å². The molecule has 2 fully saturated rings. The lowest BCUT2D eigenvalue weighted by Crippen LogP contribution is -2.33. The Balaban J connectivity index is 1.51. The molecule has 1 saturated carbocycles. The van der Waals surface area contributed by atoms with Gasteiger partial charge in [0.25, 0.3) is 5.91 Å². The van der Waals surface area contributed by atoms with Crippen LogP contribution in [0.15, 0.2) is 22.8 Å². The van der Waals surface area contributed by atoms with E-state index in [-0.39, 0.29) is 24.8 Å². The molecule has 0 aromatic carbocycles. The number of amides is 4. The molecule has 1 atom stereocenters. The van der Waals surface area contributed by atoms with Crippen molar-refractivity contribution in [2.45, 2.75) is 44.3 Å². The van der Waals surface area contributed by atoms with Crippen molar-refractivity contribution >= 4 is 17.8 Å². The summed E-state index contributed by atoms with van der Waals surface area (Å²) in [7, 11) is 0. The molecule has 1 aliphatic heterocycles. The maximum Gasteiger partial charge on any atom is 0.325 e. The average molecular weight is 291 g/mol. The monoisotopic (exact) mass is 291 g/mol. The lowest BCUT2D eigenvalue weighted by molar-refractivity contribution is -0.128. The van der Waals surface area contributed by atoms with Crippen LogP contribution in [0.3, 0.4) is 0 Å². The molecule has 3 rings (SSSR count). The molecular weight excluding hydrogens is 274 g/mol. The van der Waals surface area contributed by atoms with Crippen LogP contribution in [0.1, 0.15) is 31.4 Å². The van der Waals surface area contributed by atoms with Gasteiger partial charge in [-0.1, -0.05) is 0 Å². The van der Waals surface area contributed by atoms with Gasteiger partial charge in [-0.15, -0.1) is 0 Å². The predicted molar refractivity (Wildman–Crippen MR) is 72.0 cm³/mol. The molecule has 21 heavy (non-hydrogen) atoms. The van der Waals surface area contributed by atoms with E-state index in [2.05, 4.69) is 10.6 Å². The van der Waals surface area contributed by atoms with E-state index >= 15 is 0 Å². The molecule has 1 aromatic heterocycles. The Morgan fingerprint density at radius 1 is 1.43 bits per heavy atom. The lowest BCUT2D eigenvalue weighted by Gasteiger charge is -2.11. The van der Waals surface area contributed by atoms with Gasteiger partial charge in [0.15, 0.2) is 0 Å². The molecule has 7 nitrogen and oxygen atoms in total. The highest BCUT2D eigenvalue weighted by Crippen LogP contribution is 2.19. The maximum absolute atomic E-state index is 12.2. The Hall–Kier alpha value is -2.31. The normalized spacial score (nSPS) is 21.5. The summed E-state index contributed by atoms with van der Waals surface area (Å²) in [6.07, 6.45) is 4.11. The van der Waals surface area contributed by atoms with Gasteiger partial charge in [-0.05, 0) is 31.4 Å². The molecule has 1 aromatic rings. The fraction of sp³-hybridized carbons (Fsp3) is 0.500. The van der Waals surface area contributed by atoms with E-state index < -0.39 is 12.1 Å². The SMILES string of the molecule is O=C(CC[C@@H]1NC(=O)N(Cc2ccco2)C1=O)NC1CC1. The number of carbonyl (C=O) groups excluding carboxylic acids is 3. The number of carbonyl (C=O) groups is 3. The van der Waals surface area contributed by atoms with Gasteiger partial charge in [0.1, 0.15) is 11.8 Å². The summed E-state index contributed by atoms with van der Waals surface area (Å²) in [6, 6.07) is 2.65. The van der Waals surface area contributed by atoms with Crippen LogP contribution in [0.25, 0.3) is 0 Å².